The highest BCUT2D eigenvalue weighted by Gasteiger charge is 2.41. The zero-order valence-electron chi connectivity index (χ0n) is 13.4. The van der Waals surface area contributed by atoms with Crippen LogP contribution in [-0.2, 0) is 16.0 Å². The predicted octanol–water partition coefficient (Wildman–Crippen LogP) is 2.28. The first-order chi connectivity index (χ1) is 9.96. The molecule has 1 spiro atoms. The molecule has 3 heterocycles. The molecule has 0 aromatic carbocycles. The van der Waals surface area contributed by atoms with E-state index in [-0.39, 0.29) is 11.1 Å². The Kier molecular flexibility index (Phi) is 4.08. The molecule has 2 saturated heterocycles. The molecule has 5 heteroatoms. The van der Waals surface area contributed by atoms with E-state index in [0.717, 1.165) is 51.3 Å². The molecule has 1 N–H and O–H groups in total. The number of rotatable bonds is 3. The Morgan fingerprint density at radius 3 is 3.00 bits per heavy atom. The zero-order valence-corrected chi connectivity index (χ0v) is 13.4. The second kappa shape index (κ2) is 5.71. The third-order valence-electron chi connectivity index (χ3n) is 4.37. The Morgan fingerprint density at radius 2 is 2.29 bits per heavy atom. The van der Waals surface area contributed by atoms with Crippen LogP contribution in [0.4, 0.5) is 0 Å². The SMILES string of the molecule is CC(C)(C)NCc1ccn(C2CCOC3(CCOC3)C2)n1. The molecule has 0 saturated carbocycles. The quantitative estimate of drug-likeness (QED) is 0.929. The summed E-state index contributed by atoms with van der Waals surface area (Å²) in [6.45, 7) is 9.71. The van der Waals surface area contributed by atoms with Crippen LogP contribution in [0.5, 0.6) is 0 Å². The number of hydrogen-bond donors (Lipinski definition) is 1. The van der Waals surface area contributed by atoms with Gasteiger partial charge in [0.05, 0.1) is 23.9 Å². The summed E-state index contributed by atoms with van der Waals surface area (Å²) in [5.41, 5.74) is 1.17. The lowest BCUT2D eigenvalue weighted by molar-refractivity contribution is -0.0962. The summed E-state index contributed by atoms with van der Waals surface area (Å²) in [7, 11) is 0. The van der Waals surface area contributed by atoms with Gasteiger partial charge in [0.15, 0.2) is 0 Å². The van der Waals surface area contributed by atoms with Crippen molar-refractivity contribution in [1.82, 2.24) is 15.1 Å². The minimum Gasteiger partial charge on any atom is -0.378 e. The number of hydrogen-bond acceptors (Lipinski definition) is 4. The van der Waals surface area contributed by atoms with Gasteiger partial charge in [0.2, 0.25) is 0 Å². The fourth-order valence-electron chi connectivity index (χ4n) is 3.12. The highest BCUT2D eigenvalue weighted by atomic mass is 16.6. The lowest BCUT2D eigenvalue weighted by Gasteiger charge is -2.37. The van der Waals surface area contributed by atoms with Gasteiger partial charge in [-0.2, -0.15) is 5.10 Å². The van der Waals surface area contributed by atoms with E-state index < -0.39 is 0 Å². The average molecular weight is 293 g/mol. The first-order valence-corrected chi connectivity index (χ1v) is 7.97. The van der Waals surface area contributed by atoms with E-state index in [1.165, 1.54) is 0 Å². The molecule has 0 aliphatic carbocycles. The van der Waals surface area contributed by atoms with Crippen molar-refractivity contribution < 1.29 is 9.47 Å². The van der Waals surface area contributed by atoms with Crippen molar-refractivity contribution in [3.05, 3.63) is 18.0 Å². The minimum absolute atomic E-state index is 0.0569. The van der Waals surface area contributed by atoms with E-state index in [0.29, 0.717) is 6.04 Å². The largest absolute Gasteiger partial charge is 0.378 e. The van der Waals surface area contributed by atoms with E-state index in [9.17, 15) is 0 Å². The van der Waals surface area contributed by atoms with Crippen LogP contribution in [0.1, 0.15) is 51.8 Å². The summed E-state index contributed by atoms with van der Waals surface area (Å²) < 4.78 is 13.7. The molecule has 2 aliphatic heterocycles. The first-order valence-electron chi connectivity index (χ1n) is 7.97. The number of aromatic nitrogens is 2. The lowest BCUT2D eigenvalue weighted by Crippen LogP contribution is -2.41. The molecule has 2 atom stereocenters. The van der Waals surface area contributed by atoms with Crippen LogP contribution in [0.2, 0.25) is 0 Å². The van der Waals surface area contributed by atoms with Crippen LogP contribution in [0.25, 0.3) is 0 Å². The first kappa shape index (κ1) is 15.0. The fourth-order valence-corrected chi connectivity index (χ4v) is 3.12. The van der Waals surface area contributed by atoms with Crippen molar-refractivity contribution in [2.45, 2.75) is 63.8 Å². The van der Waals surface area contributed by atoms with Gasteiger partial charge in [-0.15, -0.1) is 0 Å². The van der Waals surface area contributed by atoms with Crippen LogP contribution in [0, 0.1) is 0 Å². The molecular weight excluding hydrogens is 266 g/mol. The van der Waals surface area contributed by atoms with E-state index in [2.05, 4.69) is 43.0 Å². The van der Waals surface area contributed by atoms with Crippen molar-refractivity contribution in [1.29, 1.82) is 0 Å². The number of nitrogens with zero attached hydrogens (tertiary/aromatic N) is 2. The third kappa shape index (κ3) is 3.65. The predicted molar refractivity (Wildman–Crippen MR) is 81.2 cm³/mol. The Labute approximate surface area is 127 Å². The summed E-state index contributed by atoms with van der Waals surface area (Å²) >= 11 is 0. The van der Waals surface area contributed by atoms with Crippen LogP contribution in [0.3, 0.4) is 0 Å². The van der Waals surface area contributed by atoms with Crippen molar-refractivity contribution in [3.63, 3.8) is 0 Å². The molecule has 0 bridgehead atoms. The molecule has 0 amide bonds. The summed E-state index contributed by atoms with van der Waals surface area (Å²) in [5, 5.41) is 8.23. The smallest absolute Gasteiger partial charge is 0.0957 e. The van der Waals surface area contributed by atoms with Crippen LogP contribution in [-0.4, -0.2) is 40.7 Å². The molecule has 118 valence electrons. The van der Waals surface area contributed by atoms with Crippen molar-refractivity contribution in [3.8, 4) is 0 Å². The van der Waals surface area contributed by atoms with Crippen molar-refractivity contribution >= 4 is 0 Å². The summed E-state index contributed by atoms with van der Waals surface area (Å²) in [6.07, 6.45) is 5.18. The molecule has 0 radical (unpaired) electrons. The van der Waals surface area contributed by atoms with Crippen LogP contribution in [0.15, 0.2) is 12.3 Å². The van der Waals surface area contributed by atoms with Gasteiger partial charge in [0.1, 0.15) is 0 Å². The van der Waals surface area contributed by atoms with Crippen molar-refractivity contribution in [2.24, 2.45) is 0 Å². The second-order valence-corrected chi connectivity index (χ2v) is 7.37. The van der Waals surface area contributed by atoms with Gasteiger partial charge in [0.25, 0.3) is 0 Å². The van der Waals surface area contributed by atoms with E-state index >= 15 is 0 Å². The van der Waals surface area contributed by atoms with E-state index in [1.54, 1.807) is 0 Å². The van der Waals surface area contributed by atoms with Gasteiger partial charge >= 0.3 is 0 Å². The molecule has 5 nitrogen and oxygen atoms in total. The van der Waals surface area contributed by atoms with Crippen LogP contribution < -0.4 is 5.32 Å². The van der Waals surface area contributed by atoms with Gasteiger partial charge in [-0.3, -0.25) is 4.68 Å². The Hall–Kier alpha value is -0.910. The highest BCUT2D eigenvalue weighted by molar-refractivity contribution is 5.02. The van der Waals surface area contributed by atoms with Gasteiger partial charge in [-0.1, -0.05) is 0 Å². The maximum absolute atomic E-state index is 6.00. The van der Waals surface area contributed by atoms with E-state index in [4.69, 9.17) is 14.6 Å². The summed E-state index contributed by atoms with van der Waals surface area (Å²) in [6, 6.07) is 2.55. The Morgan fingerprint density at radius 1 is 1.43 bits per heavy atom. The van der Waals surface area contributed by atoms with Gasteiger partial charge in [-0.25, -0.2) is 0 Å². The van der Waals surface area contributed by atoms with Gasteiger partial charge in [0, 0.05) is 44.3 Å². The molecule has 1 aromatic heterocycles. The topological polar surface area (TPSA) is 48.3 Å². The van der Waals surface area contributed by atoms with Gasteiger partial charge in [-0.05, 0) is 33.3 Å². The minimum atomic E-state index is -0.0569. The standard InChI is InChI=1S/C16H27N3O2/c1-15(2,3)17-11-13-4-7-19(18-13)14-5-8-21-16(10-14)6-9-20-12-16/h4,7,14,17H,5-6,8-12H2,1-3H3. The number of ether oxygens (including phenoxy) is 2. The normalized spacial score (nSPS) is 30.1. The summed E-state index contributed by atoms with van der Waals surface area (Å²) in [4.78, 5) is 0. The zero-order chi connectivity index (χ0) is 14.9. The molecule has 21 heavy (non-hydrogen) atoms. The number of nitrogens with one attached hydrogen (secondary N) is 1. The maximum atomic E-state index is 6.00. The fraction of sp³-hybridized carbons (Fsp3) is 0.812. The van der Waals surface area contributed by atoms with Gasteiger partial charge < -0.3 is 14.8 Å². The molecular formula is C16H27N3O2. The maximum Gasteiger partial charge on any atom is 0.0957 e. The lowest BCUT2D eigenvalue weighted by atomic mass is 9.90. The second-order valence-electron chi connectivity index (χ2n) is 7.37. The molecule has 2 aliphatic rings. The monoisotopic (exact) mass is 293 g/mol. The molecule has 2 fully saturated rings. The molecule has 1 aromatic rings. The third-order valence-corrected chi connectivity index (χ3v) is 4.37. The van der Waals surface area contributed by atoms with E-state index in [1.807, 2.05) is 0 Å². The summed E-state index contributed by atoms with van der Waals surface area (Å²) in [5.74, 6) is 0. The molecule has 2 unspecified atom stereocenters. The molecule has 3 rings (SSSR count). The Bertz CT molecular complexity index is 472. The van der Waals surface area contributed by atoms with Crippen LogP contribution >= 0.6 is 0 Å². The Balaban J connectivity index is 1.63. The van der Waals surface area contributed by atoms with Crippen molar-refractivity contribution in [2.75, 3.05) is 19.8 Å². The highest BCUT2D eigenvalue weighted by Crippen LogP contribution is 2.37. The average Bonchev–Trinajstić information content (AvgIpc) is 3.06.